The lowest BCUT2D eigenvalue weighted by Crippen LogP contribution is -1.95. The van der Waals surface area contributed by atoms with E-state index in [0.717, 1.165) is 15.8 Å². The number of methoxy groups -OCH3 is 1. The van der Waals surface area contributed by atoms with Gasteiger partial charge in [-0.15, -0.1) is 11.3 Å². The minimum Gasteiger partial charge on any atom is -0.496 e. The summed E-state index contributed by atoms with van der Waals surface area (Å²) >= 11 is 7.73. The Bertz CT molecular complexity index is 1030. The molecule has 0 aliphatic carbocycles. The van der Waals surface area contributed by atoms with Crippen molar-refractivity contribution in [2.24, 2.45) is 0 Å². The topological polar surface area (TPSA) is 63.7 Å². The predicted molar refractivity (Wildman–Crippen MR) is 92.0 cm³/mol. The van der Waals surface area contributed by atoms with E-state index in [0.29, 0.717) is 27.7 Å². The maximum absolute atomic E-state index is 13.6. The van der Waals surface area contributed by atoms with Crippen LogP contribution in [0.15, 0.2) is 36.1 Å². The zero-order valence-corrected chi connectivity index (χ0v) is 14.0. The fourth-order valence-electron chi connectivity index (χ4n) is 2.60. The molecule has 8 heteroatoms. The van der Waals surface area contributed by atoms with Gasteiger partial charge in [-0.05, 0) is 12.1 Å². The number of ether oxygens (including phenoxy) is 1. The summed E-state index contributed by atoms with van der Waals surface area (Å²) in [5.74, 6) is 0.0431. The maximum atomic E-state index is 13.6. The standard InChI is InChI=1S/C16H10ClFN4OS/c1-23-11-4-9(18)2-3-10(11)12-13(8-5-20-21-6-8)22-16(17)14-15(12)24-7-19-14/h2-7H,1H3,(H,20,21). The highest BCUT2D eigenvalue weighted by Crippen LogP contribution is 2.43. The first-order chi connectivity index (χ1) is 11.7. The van der Waals surface area contributed by atoms with Crippen LogP contribution >= 0.6 is 22.9 Å². The van der Waals surface area contributed by atoms with E-state index in [2.05, 4.69) is 20.2 Å². The van der Waals surface area contributed by atoms with Gasteiger partial charge in [0.1, 0.15) is 17.1 Å². The van der Waals surface area contributed by atoms with E-state index in [1.807, 2.05) is 0 Å². The molecule has 3 aromatic heterocycles. The van der Waals surface area contributed by atoms with Crippen molar-refractivity contribution in [1.82, 2.24) is 20.2 Å². The number of nitrogens with zero attached hydrogens (tertiary/aromatic N) is 3. The summed E-state index contributed by atoms with van der Waals surface area (Å²) < 4.78 is 19.8. The lowest BCUT2D eigenvalue weighted by molar-refractivity contribution is 0.413. The Morgan fingerprint density at radius 2 is 2.21 bits per heavy atom. The fourth-order valence-corrected chi connectivity index (χ4v) is 3.73. The highest BCUT2D eigenvalue weighted by Gasteiger charge is 2.21. The number of benzene rings is 1. The van der Waals surface area contributed by atoms with Gasteiger partial charge in [0.25, 0.3) is 0 Å². The Kier molecular flexibility index (Phi) is 3.66. The van der Waals surface area contributed by atoms with E-state index >= 15 is 0 Å². The number of pyridine rings is 1. The third-order valence-electron chi connectivity index (χ3n) is 3.64. The molecule has 0 bridgehead atoms. The highest BCUT2D eigenvalue weighted by molar-refractivity contribution is 7.17. The first-order valence-electron chi connectivity index (χ1n) is 6.95. The van der Waals surface area contributed by atoms with Crippen LogP contribution in [-0.2, 0) is 0 Å². The van der Waals surface area contributed by atoms with Gasteiger partial charge >= 0.3 is 0 Å². The minimum atomic E-state index is -0.372. The van der Waals surface area contributed by atoms with Crippen molar-refractivity contribution in [3.8, 4) is 28.1 Å². The molecule has 0 saturated heterocycles. The second kappa shape index (κ2) is 5.85. The number of H-pyrrole nitrogens is 1. The third kappa shape index (κ3) is 2.33. The van der Waals surface area contributed by atoms with Gasteiger partial charge in [0.15, 0.2) is 5.15 Å². The van der Waals surface area contributed by atoms with Crippen LogP contribution < -0.4 is 4.74 Å². The van der Waals surface area contributed by atoms with Crippen molar-refractivity contribution in [2.75, 3.05) is 7.11 Å². The summed E-state index contributed by atoms with van der Waals surface area (Å²) in [4.78, 5) is 8.78. The molecule has 0 saturated carbocycles. The van der Waals surface area contributed by atoms with Crippen molar-refractivity contribution in [3.63, 3.8) is 0 Å². The summed E-state index contributed by atoms with van der Waals surface area (Å²) in [5.41, 5.74) is 5.22. The van der Waals surface area contributed by atoms with E-state index in [1.165, 1.54) is 30.6 Å². The molecule has 1 aromatic carbocycles. The Morgan fingerprint density at radius 1 is 1.33 bits per heavy atom. The molecule has 0 atom stereocenters. The largest absolute Gasteiger partial charge is 0.496 e. The second-order valence-electron chi connectivity index (χ2n) is 4.99. The molecule has 120 valence electrons. The number of fused-ring (bicyclic) bond motifs is 1. The van der Waals surface area contributed by atoms with Gasteiger partial charge < -0.3 is 4.74 Å². The Hall–Kier alpha value is -2.51. The van der Waals surface area contributed by atoms with E-state index in [-0.39, 0.29) is 5.82 Å². The summed E-state index contributed by atoms with van der Waals surface area (Å²) in [6.45, 7) is 0. The van der Waals surface area contributed by atoms with Crippen LogP contribution in [0.25, 0.3) is 32.6 Å². The summed E-state index contributed by atoms with van der Waals surface area (Å²) in [6, 6.07) is 4.40. The van der Waals surface area contributed by atoms with Crippen LogP contribution in [0, 0.1) is 5.82 Å². The molecule has 4 aromatic rings. The van der Waals surface area contributed by atoms with Crippen LogP contribution in [0.4, 0.5) is 4.39 Å². The van der Waals surface area contributed by atoms with Crippen molar-refractivity contribution in [3.05, 3.63) is 47.1 Å². The Balaban J connectivity index is 2.12. The number of hydrogen-bond donors (Lipinski definition) is 1. The number of thiazole rings is 1. The zero-order valence-electron chi connectivity index (χ0n) is 12.4. The molecule has 3 heterocycles. The minimum absolute atomic E-state index is 0.312. The lowest BCUT2D eigenvalue weighted by Gasteiger charge is -2.13. The van der Waals surface area contributed by atoms with E-state index in [4.69, 9.17) is 16.3 Å². The number of nitrogens with one attached hydrogen (secondary N) is 1. The van der Waals surface area contributed by atoms with Crippen molar-refractivity contribution in [1.29, 1.82) is 0 Å². The van der Waals surface area contributed by atoms with Gasteiger partial charge in [-0.2, -0.15) is 5.10 Å². The van der Waals surface area contributed by atoms with Crippen molar-refractivity contribution in [2.45, 2.75) is 0 Å². The van der Waals surface area contributed by atoms with Crippen LogP contribution in [0.1, 0.15) is 0 Å². The summed E-state index contributed by atoms with van der Waals surface area (Å²) in [7, 11) is 1.50. The molecule has 0 aliphatic heterocycles. The molecule has 24 heavy (non-hydrogen) atoms. The predicted octanol–water partition coefficient (Wildman–Crippen LogP) is 4.55. The third-order valence-corrected chi connectivity index (χ3v) is 4.75. The molecule has 1 N–H and O–H groups in total. The normalized spacial score (nSPS) is 11.1. The molecule has 0 spiro atoms. The maximum Gasteiger partial charge on any atom is 0.156 e. The zero-order chi connectivity index (χ0) is 16.7. The molecule has 0 amide bonds. The molecule has 0 radical (unpaired) electrons. The number of aromatic amines is 1. The van der Waals surface area contributed by atoms with E-state index < -0.39 is 0 Å². The van der Waals surface area contributed by atoms with Crippen LogP contribution in [0.3, 0.4) is 0 Å². The Morgan fingerprint density at radius 3 is 2.96 bits per heavy atom. The van der Waals surface area contributed by atoms with Gasteiger partial charge in [0.2, 0.25) is 0 Å². The van der Waals surface area contributed by atoms with Crippen LogP contribution in [0.5, 0.6) is 5.75 Å². The SMILES string of the molecule is COc1cc(F)ccc1-c1c(-c2cn[nH]c2)nc(Cl)c2ncsc12. The summed E-state index contributed by atoms with van der Waals surface area (Å²) in [5, 5.41) is 7.06. The fraction of sp³-hybridized carbons (Fsp3) is 0.0625. The quantitative estimate of drug-likeness (QED) is 0.544. The highest BCUT2D eigenvalue weighted by atomic mass is 35.5. The lowest BCUT2D eigenvalue weighted by atomic mass is 9.99. The number of rotatable bonds is 3. The van der Waals surface area contributed by atoms with Crippen LogP contribution in [0.2, 0.25) is 5.15 Å². The molecule has 5 nitrogen and oxygen atoms in total. The molecule has 0 aliphatic rings. The van der Waals surface area contributed by atoms with Gasteiger partial charge in [-0.3, -0.25) is 5.10 Å². The van der Waals surface area contributed by atoms with Crippen molar-refractivity contribution >= 4 is 33.2 Å². The van der Waals surface area contributed by atoms with Gasteiger partial charge in [-0.1, -0.05) is 11.6 Å². The first-order valence-corrected chi connectivity index (χ1v) is 8.20. The molecule has 4 rings (SSSR count). The van der Waals surface area contributed by atoms with Crippen molar-refractivity contribution < 1.29 is 9.13 Å². The van der Waals surface area contributed by atoms with Gasteiger partial charge in [0, 0.05) is 29.0 Å². The van der Waals surface area contributed by atoms with Gasteiger partial charge in [0.05, 0.1) is 29.2 Å². The van der Waals surface area contributed by atoms with Crippen LogP contribution in [-0.4, -0.2) is 27.3 Å². The molecule has 0 unspecified atom stereocenters. The monoisotopic (exact) mass is 360 g/mol. The molecule has 0 fully saturated rings. The molecular formula is C16H10ClFN4OS. The number of halogens is 2. The first kappa shape index (κ1) is 15.0. The smallest absolute Gasteiger partial charge is 0.156 e. The second-order valence-corrected chi connectivity index (χ2v) is 6.20. The average molecular weight is 361 g/mol. The summed E-state index contributed by atoms with van der Waals surface area (Å²) in [6.07, 6.45) is 3.38. The van der Waals surface area contributed by atoms with Gasteiger partial charge in [-0.25, -0.2) is 14.4 Å². The van der Waals surface area contributed by atoms with E-state index in [9.17, 15) is 4.39 Å². The number of hydrogen-bond acceptors (Lipinski definition) is 5. The Labute approximate surface area is 145 Å². The van der Waals surface area contributed by atoms with E-state index in [1.54, 1.807) is 24.0 Å². The average Bonchev–Trinajstić information content (AvgIpc) is 3.27. The number of aromatic nitrogens is 4. The molecular weight excluding hydrogens is 351 g/mol.